The molecule has 1 N–H and O–H groups in total. The molecule has 2 aliphatic heterocycles. The minimum atomic E-state index is -4.86. The van der Waals surface area contributed by atoms with Gasteiger partial charge in [-0.1, -0.05) is 43.9 Å². The van der Waals surface area contributed by atoms with Crippen molar-refractivity contribution in [1.82, 2.24) is 9.80 Å². The van der Waals surface area contributed by atoms with E-state index in [0.717, 1.165) is 69.4 Å². The number of likely N-dealkylation sites (tertiary alicyclic amines) is 2. The third kappa shape index (κ3) is 8.58. The van der Waals surface area contributed by atoms with Crippen molar-refractivity contribution in [2.75, 3.05) is 32.7 Å². The Kier molecular flexibility index (Phi) is 10.5. The van der Waals surface area contributed by atoms with Crippen molar-refractivity contribution < 1.29 is 40.6 Å². The molecule has 3 aliphatic rings. The molecule has 11 heteroatoms. The van der Waals surface area contributed by atoms with Gasteiger partial charge in [0.15, 0.2) is 0 Å². The van der Waals surface area contributed by atoms with Crippen molar-refractivity contribution in [3.05, 3.63) is 70.5 Å². The number of aryl methyl sites for hydroxylation is 1. The lowest BCUT2D eigenvalue weighted by molar-refractivity contribution is -0.145. The number of benzene rings is 2. The zero-order valence-corrected chi connectivity index (χ0v) is 25.2. The molecule has 3 atom stereocenters. The molecule has 248 valence electrons. The third-order valence-electron chi connectivity index (χ3n) is 10.3. The fourth-order valence-corrected chi connectivity index (χ4v) is 7.51. The van der Waals surface area contributed by atoms with E-state index < -0.39 is 35.5 Å². The molecule has 2 heterocycles. The van der Waals surface area contributed by atoms with E-state index in [9.17, 15) is 40.6 Å². The Labute approximate surface area is 259 Å². The van der Waals surface area contributed by atoms with Crippen LogP contribution >= 0.6 is 0 Å². The minimum absolute atomic E-state index is 0.00762. The van der Waals surface area contributed by atoms with Crippen LogP contribution in [0.2, 0.25) is 0 Å². The summed E-state index contributed by atoms with van der Waals surface area (Å²) in [6.07, 6.45) is -2.85. The van der Waals surface area contributed by atoms with E-state index in [-0.39, 0.29) is 35.7 Å². The number of nitrogens with zero attached hydrogens (tertiary/aromatic N) is 2. The molecular weight excluding hydrogens is 601 g/mol. The summed E-state index contributed by atoms with van der Waals surface area (Å²) in [4.78, 5) is 16.7. The zero-order valence-electron chi connectivity index (χ0n) is 25.2. The molecule has 4 nitrogen and oxygen atoms in total. The standard InChI is InChI=1S/C34H41F7N2O2/c35-28-9-3-8-25(17-28)29-21-43(31(32(44)45)16-23-5-1-6-23)20-26(29)19-42-14-12-22(13-15-42)4-2-7-24-10-11-27(33(36,37)38)18-30(24)34(39,40)41/h3,8-11,17-18,22-23,26,29,31H,1-2,4-7,12-16,19-21H2,(H,44,45). The van der Waals surface area contributed by atoms with Crippen molar-refractivity contribution in [3.8, 4) is 0 Å². The Morgan fingerprint density at radius 2 is 1.64 bits per heavy atom. The maximum absolute atomic E-state index is 14.2. The molecule has 0 radical (unpaired) electrons. The van der Waals surface area contributed by atoms with E-state index in [1.54, 1.807) is 12.1 Å². The van der Waals surface area contributed by atoms with E-state index in [1.807, 2.05) is 6.07 Å². The van der Waals surface area contributed by atoms with Crippen molar-refractivity contribution in [2.45, 2.75) is 82.1 Å². The van der Waals surface area contributed by atoms with Crippen LogP contribution in [0.25, 0.3) is 0 Å². The molecule has 3 unspecified atom stereocenters. The Bertz CT molecular complexity index is 1300. The summed E-state index contributed by atoms with van der Waals surface area (Å²) < 4.78 is 93.8. The number of halogens is 7. The van der Waals surface area contributed by atoms with Crippen LogP contribution in [-0.4, -0.2) is 59.6 Å². The van der Waals surface area contributed by atoms with Crippen LogP contribution in [0, 0.1) is 23.6 Å². The lowest BCUT2D eigenvalue weighted by Gasteiger charge is -2.35. The molecule has 1 aliphatic carbocycles. The molecular formula is C34H41F7N2O2. The highest BCUT2D eigenvalue weighted by atomic mass is 19.4. The van der Waals surface area contributed by atoms with Gasteiger partial charge in [-0.3, -0.25) is 9.69 Å². The number of aliphatic carboxylic acids is 1. The Morgan fingerprint density at radius 1 is 0.911 bits per heavy atom. The average Bonchev–Trinajstić information content (AvgIpc) is 3.35. The Morgan fingerprint density at radius 3 is 2.24 bits per heavy atom. The van der Waals surface area contributed by atoms with Crippen LogP contribution in [-0.2, 0) is 23.6 Å². The predicted octanol–water partition coefficient (Wildman–Crippen LogP) is 8.26. The third-order valence-corrected chi connectivity index (χ3v) is 10.3. The van der Waals surface area contributed by atoms with E-state index >= 15 is 0 Å². The summed E-state index contributed by atoms with van der Waals surface area (Å²) in [6.45, 7) is 3.55. The number of hydrogen-bond acceptors (Lipinski definition) is 3. The first kappa shape index (κ1) is 33.7. The van der Waals surface area contributed by atoms with Gasteiger partial charge in [-0.2, -0.15) is 26.3 Å². The summed E-state index contributed by atoms with van der Waals surface area (Å²) in [7, 11) is 0. The van der Waals surface area contributed by atoms with E-state index in [2.05, 4.69) is 9.80 Å². The molecule has 45 heavy (non-hydrogen) atoms. The van der Waals surface area contributed by atoms with Crippen LogP contribution in [0.4, 0.5) is 30.7 Å². The Balaban J connectivity index is 1.16. The largest absolute Gasteiger partial charge is 0.480 e. The van der Waals surface area contributed by atoms with Crippen molar-refractivity contribution in [3.63, 3.8) is 0 Å². The Hall–Kier alpha value is -2.66. The summed E-state index contributed by atoms with van der Waals surface area (Å²) in [5.74, 6) is -0.229. The number of hydrogen-bond donors (Lipinski definition) is 1. The van der Waals surface area contributed by atoms with Gasteiger partial charge in [0.05, 0.1) is 11.1 Å². The monoisotopic (exact) mass is 642 g/mol. The first-order valence-corrected chi connectivity index (χ1v) is 16.0. The van der Waals surface area contributed by atoms with Crippen LogP contribution in [0.15, 0.2) is 42.5 Å². The fraction of sp³-hybridized carbons (Fsp3) is 0.618. The van der Waals surface area contributed by atoms with Gasteiger partial charge in [0.25, 0.3) is 0 Å². The summed E-state index contributed by atoms with van der Waals surface area (Å²) in [5, 5.41) is 10.1. The number of piperidine rings is 1. The van der Waals surface area contributed by atoms with Crippen LogP contribution in [0.5, 0.6) is 0 Å². The summed E-state index contributed by atoms with van der Waals surface area (Å²) >= 11 is 0. The molecule has 3 fully saturated rings. The smallest absolute Gasteiger partial charge is 0.416 e. The predicted molar refractivity (Wildman–Crippen MR) is 156 cm³/mol. The molecule has 2 saturated heterocycles. The van der Waals surface area contributed by atoms with E-state index in [0.29, 0.717) is 44.2 Å². The second kappa shape index (κ2) is 14.0. The highest BCUT2D eigenvalue weighted by Gasteiger charge is 2.42. The van der Waals surface area contributed by atoms with E-state index in [4.69, 9.17) is 0 Å². The van der Waals surface area contributed by atoms with Crippen LogP contribution < -0.4 is 0 Å². The molecule has 1 saturated carbocycles. The normalized spacial score (nSPS) is 23.3. The number of carbonyl (C=O) groups is 1. The van der Waals surface area contributed by atoms with E-state index in [1.165, 1.54) is 6.07 Å². The van der Waals surface area contributed by atoms with Crippen molar-refractivity contribution >= 4 is 5.97 Å². The highest BCUT2D eigenvalue weighted by molar-refractivity contribution is 5.73. The molecule has 0 spiro atoms. The molecule has 2 aromatic rings. The van der Waals surface area contributed by atoms with Crippen LogP contribution in [0.1, 0.15) is 79.5 Å². The fourth-order valence-electron chi connectivity index (χ4n) is 7.51. The quantitative estimate of drug-likeness (QED) is 0.251. The second-order valence-electron chi connectivity index (χ2n) is 13.3. The second-order valence-corrected chi connectivity index (χ2v) is 13.3. The van der Waals surface area contributed by atoms with Gasteiger partial charge in [0.2, 0.25) is 0 Å². The van der Waals surface area contributed by atoms with Gasteiger partial charge in [0, 0.05) is 25.6 Å². The maximum Gasteiger partial charge on any atom is 0.416 e. The van der Waals surface area contributed by atoms with Gasteiger partial charge in [0.1, 0.15) is 11.9 Å². The lowest BCUT2D eigenvalue weighted by atomic mass is 9.80. The van der Waals surface area contributed by atoms with Gasteiger partial charge in [-0.05, 0) is 98.3 Å². The molecule has 0 aromatic heterocycles. The molecule has 0 bridgehead atoms. The number of carboxylic acids is 1. The van der Waals surface area contributed by atoms with Crippen molar-refractivity contribution in [1.29, 1.82) is 0 Å². The zero-order chi connectivity index (χ0) is 32.4. The lowest BCUT2D eigenvalue weighted by Crippen LogP contribution is -2.43. The van der Waals surface area contributed by atoms with Gasteiger partial charge in [-0.15, -0.1) is 0 Å². The van der Waals surface area contributed by atoms with Crippen molar-refractivity contribution in [2.24, 2.45) is 17.8 Å². The van der Waals surface area contributed by atoms with Gasteiger partial charge in [-0.25, -0.2) is 4.39 Å². The first-order chi connectivity index (χ1) is 21.3. The molecule has 2 aromatic carbocycles. The first-order valence-electron chi connectivity index (χ1n) is 16.0. The number of alkyl halides is 6. The number of rotatable bonds is 11. The summed E-state index contributed by atoms with van der Waals surface area (Å²) in [6, 6.07) is 7.90. The molecule has 5 rings (SSSR count). The van der Waals surface area contributed by atoms with Crippen LogP contribution in [0.3, 0.4) is 0 Å². The van der Waals surface area contributed by atoms with Gasteiger partial charge >= 0.3 is 18.3 Å². The number of carboxylic acid groups (broad SMARTS) is 1. The topological polar surface area (TPSA) is 43.8 Å². The SMILES string of the molecule is O=C(O)C(CC1CCC1)N1CC(CN2CCC(CCCc3ccc(C(F)(F)F)cc3C(F)(F)F)CC2)C(c2cccc(F)c2)C1. The molecule has 0 amide bonds. The average molecular weight is 643 g/mol. The maximum atomic E-state index is 14.2. The highest BCUT2D eigenvalue weighted by Crippen LogP contribution is 2.40. The van der Waals surface area contributed by atoms with Gasteiger partial charge < -0.3 is 10.0 Å². The minimum Gasteiger partial charge on any atom is -0.480 e. The summed E-state index contributed by atoms with van der Waals surface area (Å²) in [5.41, 5.74) is -1.75.